The first-order chi connectivity index (χ1) is 13.0. The molecular weight excluding hydrogens is 362 g/mol. The fourth-order valence-corrected chi connectivity index (χ4v) is 4.27. The van der Waals surface area contributed by atoms with Crippen molar-refractivity contribution in [2.24, 2.45) is 5.92 Å². The van der Waals surface area contributed by atoms with Gasteiger partial charge in [-0.15, -0.1) is 0 Å². The molecule has 5 nitrogen and oxygen atoms in total. The summed E-state index contributed by atoms with van der Waals surface area (Å²) >= 11 is 6.00. The summed E-state index contributed by atoms with van der Waals surface area (Å²) in [6.07, 6.45) is 6.11. The van der Waals surface area contributed by atoms with Crippen LogP contribution in [-0.4, -0.2) is 22.4 Å². The Labute approximate surface area is 164 Å². The molecule has 2 aliphatic rings. The summed E-state index contributed by atoms with van der Waals surface area (Å²) in [7, 11) is 0. The maximum atomic E-state index is 13.3. The molecule has 0 saturated heterocycles. The van der Waals surface area contributed by atoms with Crippen LogP contribution in [0.3, 0.4) is 0 Å². The lowest BCUT2D eigenvalue weighted by molar-refractivity contribution is -0.128. The number of hydrogen-bond acceptors (Lipinski definition) is 2. The van der Waals surface area contributed by atoms with Crippen molar-refractivity contribution in [1.82, 2.24) is 9.88 Å². The standard InChI is InChI=1S/C21H24ClN3O2/c1-14-4-8-16(9-5-14)23-21(27)20-18-3-2-12-24(18)13-19(26)25(20)17-10-6-15(22)7-11-17/h2-3,6-7,10-12,14,16,20H,4-5,8-9,13H2,1H3,(H,23,27). The molecule has 0 radical (unpaired) electrons. The molecule has 1 fully saturated rings. The molecule has 1 atom stereocenters. The molecule has 1 aliphatic carbocycles. The Balaban J connectivity index is 1.64. The Morgan fingerprint density at radius 3 is 2.52 bits per heavy atom. The second kappa shape index (κ2) is 7.39. The first-order valence-electron chi connectivity index (χ1n) is 9.56. The Morgan fingerprint density at radius 2 is 1.81 bits per heavy atom. The maximum absolute atomic E-state index is 13.3. The quantitative estimate of drug-likeness (QED) is 0.870. The van der Waals surface area contributed by atoms with E-state index >= 15 is 0 Å². The Bertz CT molecular complexity index is 837. The van der Waals surface area contributed by atoms with Crippen molar-refractivity contribution >= 4 is 29.1 Å². The largest absolute Gasteiger partial charge is 0.351 e. The van der Waals surface area contributed by atoms with Crippen molar-refractivity contribution in [3.63, 3.8) is 0 Å². The van der Waals surface area contributed by atoms with Gasteiger partial charge in [0.15, 0.2) is 6.04 Å². The topological polar surface area (TPSA) is 54.3 Å². The minimum absolute atomic E-state index is 0.0987. The van der Waals surface area contributed by atoms with Crippen molar-refractivity contribution < 1.29 is 9.59 Å². The van der Waals surface area contributed by atoms with Crippen molar-refractivity contribution in [1.29, 1.82) is 0 Å². The Hall–Kier alpha value is -2.27. The molecule has 1 aromatic carbocycles. The van der Waals surface area contributed by atoms with Crippen LogP contribution in [0, 0.1) is 5.92 Å². The summed E-state index contributed by atoms with van der Waals surface area (Å²) < 4.78 is 1.86. The molecule has 2 heterocycles. The third-order valence-corrected chi connectivity index (χ3v) is 5.94. The van der Waals surface area contributed by atoms with Crippen LogP contribution in [0.5, 0.6) is 0 Å². The number of aromatic nitrogens is 1. The number of rotatable bonds is 3. The average molecular weight is 386 g/mol. The molecule has 1 N–H and O–H groups in total. The smallest absolute Gasteiger partial charge is 0.249 e. The number of hydrogen-bond donors (Lipinski definition) is 1. The molecule has 0 bridgehead atoms. The van der Waals surface area contributed by atoms with Gasteiger partial charge in [0.2, 0.25) is 11.8 Å². The van der Waals surface area contributed by atoms with E-state index in [4.69, 9.17) is 11.6 Å². The summed E-state index contributed by atoms with van der Waals surface area (Å²) in [5.74, 6) is 0.508. The van der Waals surface area contributed by atoms with Crippen molar-refractivity contribution in [3.05, 3.63) is 53.3 Å². The molecule has 2 aromatic rings. The van der Waals surface area contributed by atoms with Gasteiger partial charge in [-0.2, -0.15) is 0 Å². The zero-order valence-electron chi connectivity index (χ0n) is 15.4. The van der Waals surface area contributed by atoms with E-state index in [1.54, 1.807) is 29.2 Å². The van der Waals surface area contributed by atoms with Crippen LogP contribution in [0.4, 0.5) is 5.69 Å². The maximum Gasteiger partial charge on any atom is 0.249 e. The van der Waals surface area contributed by atoms with Crippen molar-refractivity contribution in [3.8, 4) is 0 Å². The summed E-state index contributed by atoms with van der Waals surface area (Å²) in [6, 6.07) is 10.4. The second-order valence-electron chi connectivity index (χ2n) is 7.67. The number of nitrogens with zero attached hydrogens (tertiary/aromatic N) is 2. The highest BCUT2D eigenvalue weighted by atomic mass is 35.5. The molecule has 1 aliphatic heterocycles. The SMILES string of the molecule is CC1CCC(NC(=O)C2c3cccn3CC(=O)N2c2ccc(Cl)cc2)CC1. The number of nitrogens with one attached hydrogen (secondary N) is 1. The van der Waals surface area contributed by atoms with Gasteiger partial charge in [0.25, 0.3) is 0 Å². The zero-order valence-corrected chi connectivity index (χ0v) is 16.2. The van der Waals surface area contributed by atoms with Crippen LogP contribution in [0.1, 0.15) is 44.3 Å². The minimum atomic E-state index is -0.665. The third-order valence-electron chi connectivity index (χ3n) is 5.69. The predicted octanol–water partition coefficient (Wildman–Crippen LogP) is 3.92. The number of carbonyl (C=O) groups is 2. The van der Waals surface area contributed by atoms with E-state index in [9.17, 15) is 9.59 Å². The molecule has 4 rings (SSSR count). The van der Waals surface area contributed by atoms with Gasteiger partial charge in [0.05, 0.1) is 5.69 Å². The minimum Gasteiger partial charge on any atom is -0.351 e. The number of anilines is 1. The molecule has 1 saturated carbocycles. The summed E-state index contributed by atoms with van der Waals surface area (Å²) in [5.41, 5.74) is 1.53. The van der Waals surface area contributed by atoms with Gasteiger partial charge in [0, 0.05) is 22.9 Å². The highest BCUT2D eigenvalue weighted by Gasteiger charge is 2.39. The molecule has 1 unspecified atom stereocenters. The van der Waals surface area contributed by atoms with Crippen molar-refractivity contribution in [2.45, 2.75) is 51.2 Å². The van der Waals surface area contributed by atoms with Crippen LogP contribution >= 0.6 is 11.6 Å². The van der Waals surface area contributed by atoms with E-state index in [-0.39, 0.29) is 24.4 Å². The fourth-order valence-electron chi connectivity index (χ4n) is 4.15. The lowest BCUT2D eigenvalue weighted by Gasteiger charge is -2.37. The Kier molecular flexibility index (Phi) is 4.96. The first-order valence-corrected chi connectivity index (χ1v) is 9.94. The zero-order chi connectivity index (χ0) is 19.0. The van der Waals surface area contributed by atoms with E-state index < -0.39 is 6.04 Å². The van der Waals surface area contributed by atoms with Crippen LogP contribution in [0.15, 0.2) is 42.6 Å². The van der Waals surface area contributed by atoms with Gasteiger partial charge in [-0.3, -0.25) is 14.5 Å². The van der Waals surface area contributed by atoms with Gasteiger partial charge >= 0.3 is 0 Å². The lowest BCUT2D eigenvalue weighted by Crippen LogP contribution is -2.51. The van der Waals surface area contributed by atoms with Gasteiger partial charge in [-0.25, -0.2) is 0 Å². The third kappa shape index (κ3) is 3.61. The van der Waals surface area contributed by atoms with E-state index in [0.29, 0.717) is 10.7 Å². The number of amides is 2. The van der Waals surface area contributed by atoms with Gasteiger partial charge < -0.3 is 9.88 Å². The number of halogens is 1. The fraction of sp³-hybridized carbons (Fsp3) is 0.429. The number of fused-ring (bicyclic) bond motifs is 1. The van der Waals surface area contributed by atoms with Gasteiger partial charge in [-0.05, 0) is 68.0 Å². The summed E-state index contributed by atoms with van der Waals surface area (Å²) in [6.45, 7) is 2.49. The molecule has 2 amide bonds. The van der Waals surface area contributed by atoms with Crippen LogP contribution in [-0.2, 0) is 16.1 Å². The number of carbonyl (C=O) groups excluding carboxylic acids is 2. The average Bonchev–Trinajstić information content (AvgIpc) is 3.11. The van der Waals surface area contributed by atoms with Crippen molar-refractivity contribution in [2.75, 3.05) is 4.90 Å². The highest BCUT2D eigenvalue weighted by molar-refractivity contribution is 6.30. The molecule has 6 heteroatoms. The monoisotopic (exact) mass is 385 g/mol. The highest BCUT2D eigenvalue weighted by Crippen LogP contribution is 2.33. The van der Waals surface area contributed by atoms with E-state index in [1.165, 1.54) is 0 Å². The summed E-state index contributed by atoms with van der Waals surface area (Å²) in [4.78, 5) is 27.7. The lowest BCUT2D eigenvalue weighted by atomic mass is 9.87. The van der Waals surface area contributed by atoms with Crippen LogP contribution in [0.25, 0.3) is 0 Å². The van der Waals surface area contributed by atoms with Crippen LogP contribution < -0.4 is 10.2 Å². The van der Waals surface area contributed by atoms with E-state index in [1.807, 2.05) is 22.9 Å². The molecule has 27 heavy (non-hydrogen) atoms. The normalized spacial score (nSPS) is 25.2. The van der Waals surface area contributed by atoms with E-state index in [0.717, 1.165) is 37.3 Å². The number of benzene rings is 1. The van der Waals surface area contributed by atoms with Crippen LogP contribution in [0.2, 0.25) is 5.02 Å². The molecule has 1 aromatic heterocycles. The predicted molar refractivity (Wildman–Crippen MR) is 106 cm³/mol. The first kappa shape index (κ1) is 18.1. The molecular formula is C21H24ClN3O2. The molecule has 142 valence electrons. The van der Waals surface area contributed by atoms with Gasteiger partial charge in [-0.1, -0.05) is 18.5 Å². The Morgan fingerprint density at radius 1 is 1.11 bits per heavy atom. The summed E-state index contributed by atoms with van der Waals surface area (Å²) in [5, 5.41) is 3.80. The van der Waals surface area contributed by atoms with Gasteiger partial charge in [0.1, 0.15) is 6.54 Å². The molecule has 0 spiro atoms. The second-order valence-corrected chi connectivity index (χ2v) is 8.11. The van der Waals surface area contributed by atoms with E-state index in [2.05, 4.69) is 12.2 Å².